The first-order valence-electron chi connectivity index (χ1n) is 5.95. The number of benzene rings is 1. The van der Waals surface area contributed by atoms with Crippen LogP contribution in [-0.4, -0.2) is 25.1 Å². The molecule has 0 bridgehead atoms. The fourth-order valence-corrected chi connectivity index (χ4v) is 1.60. The van der Waals surface area contributed by atoms with Gasteiger partial charge in [-0.3, -0.25) is 4.79 Å². The molecule has 0 spiro atoms. The zero-order valence-electron chi connectivity index (χ0n) is 11.0. The molecule has 0 radical (unpaired) electrons. The van der Waals surface area contributed by atoms with Gasteiger partial charge in [0.25, 0.3) is 0 Å². The second-order valence-electron chi connectivity index (χ2n) is 4.50. The first-order valence-corrected chi connectivity index (χ1v) is 5.95. The van der Waals surface area contributed by atoms with Gasteiger partial charge in [0.15, 0.2) is 0 Å². The van der Waals surface area contributed by atoms with E-state index >= 15 is 0 Å². The van der Waals surface area contributed by atoms with Gasteiger partial charge in [-0.25, -0.2) is 8.78 Å². The second kappa shape index (κ2) is 6.47. The summed E-state index contributed by atoms with van der Waals surface area (Å²) in [4.78, 5) is 11.2. The fraction of sp³-hybridized carbons (Fsp3) is 0.462. The summed E-state index contributed by atoms with van der Waals surface area (Å²) in [6.45, 7) is 1.94. The van der Waals surface area contributed by atoms with E-state index in [4.69, 9.17) is 10.5 Å². The number of nitrogens with one attached hydrogen (secondary N) is 1. The molecule has 0 heterocycles. The summed E-state index contributed by atoms with van der Waals surface area (Å²) in [7, 11) is 1.65. The second-order valence-corrected chi connectivity index (χ2v) is 4.50. The third-order valence-electron chi connectivity index (χ3n) is 3.02. The highest BCUT2D eigenvalue weighted by Gasteiger charge is 2.28. The minimum absolute atomic E-state index is 0.128. The van der Waals surface area contributed by atoms with Crippen LogP contribution in [0.4, 0.5) is 8.78 Å². The predicted octanol–water partition coefficient (Wildman–Crippen LogP) is 1.59. The molecule has 0 saturated heterocycles. The molecular weight excluding hydrogens is 254 g/mol. The van der Waals surface area contributed by atoms with Crippen LogP contribution in [0, 0.1) is 11.6 Å². The molecule has 19 heavy (non-hydrogen) atoms. The highest BCUT2D eigenvalue weighted by Crippen LogP contribution is 2.17. The number of carbonyl (C=O) groups is 1. The van der Waals surface area contributed by atoms with Crippen LogP contribution in [0.5, 0.6) is 5.75 Å². The number of carbonyl (C=O) groups excluding carboxylic acids is 1. The van der Waals surface area contributed by atoms with Crippen molar-refractivity contribution in [2.75, 3.05) is 13.7 Å². The van der Waals surface area contributed by atoms with Crippen molar-refractivity contribution in [2.45, 2.75) is 25.3 Å². The molecule has 3 N–H and O–H groups in total. The van der Waals surface area contributed by atoms with Gasteiger partial charge in [-0.15, -0.1) is 0 Å². The van der Waals surface area contributed by atoms with Gasteiger partial charge in [-0.2, -0.15) is 0 Å². The molecule has 1 atom stereocenters. The van der Waals surface area contributed by atoms with E-state index in [1.165, 1.54) is 0 Å². The van der Waals surface area contributed by atoms with Crippen LogP contribution in [-0.2, 0) is 4.79 Å². The van der Waals surface area contributed by atoms with Crippen LogP contribution in [0.25, 0.3) is 0 Å². The molecule has 0 aliphatic heterocycles. The van der Waals surface area contributed by atoms with Crippen molar-refractivity contribution < 1.29 is 18.3 Å². The lowest BCUT2D eigenvalue weighted by atomic mass is 9.95. The smallest absolute Gasteiger partial charge is 0.237 e. The van der Waals surface area contributed by atoms with Gasteiger partial charge in [0.05, 0.1) is 12.1 Å². The van der Waals surface area contributed by atoms with Crippen molar-refractivity contribution in [1.29, 1.82) is 0 Å². The molecule has 0 aromatic heterocycles. The van der Waals surface area contributed by atoms with Crippen molar-refractivity contribution >= 4 is 5.91 Å². The van der Waals surface area contributed by atoms with Gasteiger partial charge in [0, 0.05) is 18.2 Å². The van der Waals surface area contributed by atoms with E-state index < -0.39 is 23.1 Å². The van der Waals surface area contributed by atoms with E-state index in [0.717, 1.165) is 18.2 Å². The van der Waals surface area contributed by atoms with Gasteiger partial charge >= 0.3 is 0 Å². The number of rotatable bonds is 7. The summed E-state index contributed by atoms with van der Waals surface area (Å²) >= 11 is 0. The maximum atomic E-state index is 12.9. The lowest BCUT2D eigenvalue weighted by molar-refractivity contribution is -0.123. The van der Waals surface area contributed by atoms with Crippen LogP contribution >= 0.6 is 0 Å². The van der Waals surface area contributed by atoms with Crippen molar-refractivity contribution in [3.8, 4) is 5.75 Å². The predicted molar refractivity (Wildman–Crippen MR) is 67.7 cm³/mol. The van der Waals surface area contributed by atoms with Crippen molar-refractivity contribution in [3.05, 3.63) is 29.8 Å². The van der Waals surface area contributed by atoms with Crippen LogP contribution < -0.4 is 15.8 Å². The third kappa shape index (κ3) is 4.48. The Kier molecular flexibility index (Phi) is 5.23. The fourth-order valence-electron chi connectivity index (χ4n) is 1.60. The average Bonchev–Trinajstić information content (AvgIpc) is 2.33. The van der Waals surface area contributed by atoms with E-state index in [1.54, 1.807) is 14.0 Å². The molecule has 0 aliphatic carbocycles. The molecule has 6 heteroatoms. The molecule has 1 rings (SSSR count). The molecule has 106 valence electrons. The number of nitrogens with two attached hydrogens (primary N) is 1. The zero-order chi connectivity index (χ0) is 14.5. The molecule has 0 fully saturated rings. The number of hydrogen-bond donors (Lipinski definition) is 2. The number of primary amides is 1. The number of amides is 1. The quantitative estimate of drug-likeness (QED) is 0.741. The summed E-state index contributed by atoms with van der Waals surface area (Å²) in [5, 5.41) is 2.84. The Bertz CT molecular complexity index is 434. The summed E-state index contributed by atoms with van der Waals surface area (Å²) in [5.74, 6) is -1.70. The Morgan fingerprint density at radius 2 is 1.95 bits per heavy atom. The van der Waals surface area contributed by atoms with E-state index in [2.05, 4.69) is 5.32 Å². The van der Waals surface area contributed by atoms with E-state index in [-0.39, 0.29) is 12.4 Å². The summed E-state index contributed by atoms with van der Waals surface area (Å²) < 4.78 is 31.0. The SMILES string of the molecule is CNC(C)(CCCOc1cc(F)cc(F)c1)C(N)=O. The van der Waals surface area contributed by atoms with Gasteiger partial charge < -0.3 is 15.8 Å². The molecule has 4 nitrogen and oxygen atoms in total. The van der Waals surface area contributed by atoms with Crippen LogP contribution in [0.2, 0.25) is 0 Å². The minimum atomic E-state index is -0.809. The first-order chi connectivity index (χ1) is 8.87. The van der Waals surface area contributed by atoms with Gasteiger partial charge in [0.1, 0.15) is 17.4 Å². The van der Waals surface area contributed by atoms with Crippen LogP contribution in [0.15, 0.2) is 18.2 Å². The Morgan fingerprint density at radius 1 is 1.37 bits per heavy atom. The highest BCUT2D eigenvalue weighted by atomic mass is 19.1. The largest absolute Gasteiger partial charge is 0.493 e. The van der Waals surface area contributed by atoms with Crippen molar-refractivity contribution in [2.24, 2.45) is 5.73 Å². The van der Waals surface area contributed by atoms with Gasteiger partial charge in [-0.1, -0.05) is 0 Å². The summed E-state index contributed by atoms with van der Waals surface area (Å²) in [6.07, 6.45) is 0.995. The third-order valence-corrected chi connectivity index (χ3v) is 3.02. The molecular formula is C13H18F2N2O2. The van der Waals surface area contributed by atoms with Gasteiger partial charge in [-0.05, 0) is 26.8 Å². The monoisotopic (exact) mass is 272 g/mol. The number of hydrogen-bond acceptors (Lipinski definition) is 3. The lowest BCUT2D eigenvalue weighted by Crippen LogP contribution is -2.51. The Hall–Kier alpha value is -1.69. The van der Waals surface area contributed by atoms with Crippen molar-refractivity contribution in [1.82, 2.24) is 5.32 Å². The Balaban J connectivity index is 2.44. The molecule has 1 unspecified atom stereocenters. The van der Waals surface area contributed by atoms with E-state index in [9.17, 15) is 13.6 Å². The minimum Gasteiger partial charge on any atom is -0.493 e. The molecule has 0 aliphatic rings. The topological polar surface area (TPSA) is 64.3 Å². The lowest BCUT2D eigenvalue weighted by Gasteiger charge is -2.25. The molecule has 1 amide bonds. The van der Waals surface area contributed by atoms with Crippen LogP contribution in [0.3, 0.4) is 0 Å². The summed E-state index contributed by atoms with van der Waals surface area (Å²) in [6, 6.07) is 2.99. The van der Waals surface area contributed by atoms with E-state index in [0.29, 0.717) is 12.8 Å². The highest BCUT2D eigenvalue weighted by molar-refractivity contribution is 5.84. The number of ether oxygens (including phenoxy) is 1. The molecule has 1 aromatic rings. The maximum Gasteiger partial charge on any atom is 0.237 e. The zero-order valence-corrected chi connectivity index (χ0v) is 11.0. The van der Waals surface area contributed by atoms with Crippen LogP contribution in [0.1, 0.15) is 19.8 Å². The normalized spacial score (nSPS) is 13.9. The van der Waals surface area contributed by atoms with Gasteiger partial charge in [0.2, 0.25) is 5.91 Å². The summed E-state index contributed by atoms with van der Waals surface area (Å²) in [5.41, 5.74) is 4.46. The average molecular weight is 272 g/mol. The Morgan fingerprint density at radius 3 is 2.42 bits per heavy atom. The van der Waals surface area contributed by atoms with E-state index in [1.807, 2.05) is 0 Å². The number of likely N-dealkylation sites (N-methyl/N-ethyl adjacent to an activating group) is 1. The maximum absolute atomic E-state index is 12.9. The molecule has 0 saturated carbocycles. The van der Waals surface area contributed by atoms with Crippen molar-refractivity contribution in [3.63, 3.8) is 0 Å². The standard InChI is InChI=1S/C13H18F2N2O2/c1-13(17-2,12(16)18)4-3-5-19-11-7-9(14)6-10(15)8-11/h6-8,17H,3-5H2,1-2H3,(H2,16,18). The Labute approximate surface area is 110 Å². The first kappa shape index (κ1) is 15.4. The molecule has 1 aromatic carbocycles. The number of halogens is 2.